The van der Waals surface area contributed by atoms with Gasteiger partial charge in [-0.05, 0) is 12.1 Å². The predicted molar refractivity (Wildman–Crippen MR) is 69.5 cm³/mol. The molecule has 5 nitrogen and oxygen atoms in total. The first-order valence-electron chi connectivity index (χ1n) is 6.30. The van der Waals surface area contributed by atoms with E-state index in [2.05, 4.69) is 4.98 Å². The summed E-state index contributed by atoms with van der Waals surface area (Å²) in [5, 5.41) is 10.3. The first-order valence-corrected chi connectivity index (χ1v) is 6.30. The van der Waals surface area contributed by atoms with Crippen molar-refractivity contribution in [2.75, 3.05) is 18.5 Å². The number of hydrogen-bond donors (Lipinski definition) is 1. The van der Waals surface area contributed by atoms with Crippen molar-refractivity contribution in [1.82, 2.24) is 9.88 Å². The van der Waals surface area contributed by atoms with E-state index in [0.717, 1.165) is 23.2 Å². The topological polar surface area (TPSA) is 56.7 Å². The number of halogens is 3. The van der Waals surface area contributed by atoms with E-state index in [-0.39, 0.29) is 5.82 Å². The molecule has 1 aromatic rings. The average molecular weight is 303 g/mol. The molecule has 8 heteroatoms. The smallest absolute Gasteiger partial charge is 0.372 e. The van der Waals surface area contributed by atoms with Crippen molar-refractivity contribution in [2.45, 2.75) is 26.3 Å². The van der Waals surface area contributed by atoms with Gasteiger partial charge >= 0.3 is 12.2 Å². The van der Waals surface area contributed by atoms with Crippen LogP contribution in [0.25, 0.3) is 0 Å². The molecular formula is C13H16F3N3O2. The van der Waals surface area contributed by atoms with Crippen molar-refractivity contribution in [3.05, 3.63) is 23.9 Å². The number of aliphatic hydroxyl groups is 1. The molecule has 0 saturated carbocycles. The molecule has 2 amide bonds. The van der Waals surface area contributed by atoms with Gasteiger partial charge < -0.3 is 10.0 Å². The molecule has 116 valence electrons. The van der Waals surface area contributed by atoms with Crippen molar-refractivity contribution < 1.29 is 23.1 Å². The molecule has 1 atom stereocenters. The number of aliphatic hydroxyl groups excluding tert-OH is 1. The van der Waals surface area contributed by atoms with Crippen molar-refractivity contribution in [3.63, 3.8) is 0 Å². The van der Waals surface area contributed by atoms with Crippen molar-refractivity contribution in [3.8, 4) is 0 Å². The third-order valence-corrected chi connectivity index (χ3v) is 3.44. The number of amides is 2. The highest BCUT2D eigenvalue weighted by Crippen LogP contribution is 2.35. The number of aromatic nitrogens is 1. The van der Waals surface area contributed by atoms with Crippen LogP contribution in [0.5, 0.6) is 0 Å². The van der Waals surface area contributed by atoms with Crippen LogP contribution >= 0.6 is 0 Å². The Kier molecular flexibility index (Phi) is 3.61. The highest BCUT2D eigenvalue weighted by molar-refractivity contribution is 5.92. The van der Waals surface area contributed by atoms with Crippen LogP contribution in [0.15, 0.2) is 18.3 Å². The lowest BCUT2D eigenvalue weighted by Gasteiger charge is -2.46. The van der Waals surface area contributed by atoms with E-state index < -0.39 is 29.4 Å². The highest BCUT2D eigenvalue weighted by atomic mass is 19.4. The lowest BCUT2D eigenvalue weighted by Crippen LogP contribution is -2.62. The molecule has 1 N–H and O–H groups in total. The third-order valence-electron chi connectivity index (χ3n) is 3.44. The summed E-state index contributed by atoms with van der Waals surface area (Å²) < 4.78 is 38.3. The maximum atomic E-state index is 12.8. The van der Waals surface area contributed by atoms with Crippen LogP contribution in [0.3, 0.4) is 0 Å². The summed E-state index contributed by atoms with van der Waals surface area (Å²) in [5.41, 5.74) is -1.61. The second-order valence-electron chi connectivity index (χ2n) is 5.77. The molecule has 1 unspecified atom stereocenters. The number of rotatable bonds is 1. The molecule has 21 heavy (non-hydrogen) atoms. The first kappa shape index (κ1) is 15.6. The zero-order valence-corrected chi connectivity index (χ0v) is 11.8. The molecule has 2 heterocycles. The normalized spacial score (nSPS) is 22.6. The Morgan fingerprint density at radius 1 is 1.43 bits per heavy atom. The first-order chi connectivity index (χ1) is 9.54. The Hall–Kier alpha value is -1.83. The van der Waals surface area contributed by atoms with Crippen LogP contribution < -0.4 is 4.90 Å². The van der Waals surface area contributed by atoms with Gasteiger partial charge in [0.25, 0.3) is 0 Å². The number of pyridine rings is 1. The number of anilines is 1. The molecule has 1 fully saturated rings. The number of carbonyl (C=O) groups excluding carboxylic acids is 1. The van der Waals surface area contributed by atoms with Gasteiger partial charge in [-0.2, -0.15) is 13.2 Å². The molecule has 0 bridgehead atoms. The molecule has 0 aromatic carbocycles. The van der Waals surface area contributed by atoms with Gasteiger partial charge in [0.2, 0.25) is 0 Å². The van der Waals surface area contributed by atoms with E-state index in [9.17, 15) is 23.1 Å². The molecule has 1 aliphatic heterocycles. The summed E-state index contributed by atoms with van der Waals surface area (Å²) in [6.45, 7) is 3.74. The Morgan fingerprint density at radius 2 is 2.05 bits per heavy atom. The predicted octanol–water partition coefficient (Wildman–Crippen LogP) is 2.32. The Bertz CT molecular complexity index is 560. The molecule has 1 aliphatic rings. The summed E-state index contributed by atoms with van der Waals surface area (Å²) in [6, 6.07) is 0.990. The molecule has 1 aromatic heterocycles. The van der Waals surface area contributed by atoms with Gasteiger partial charge in [-0.25, -0.2) is 9.78 Å². The molecular weight excluding hydrogens is 287 g/mol. The summed E-state index contributed by atoms with van der Waals surface area (Å²) >= 11 is 0. The van der Waals surface area contributed by atoms with Crippen LogP contribution in [0, 0.1) is 5.41 Å². The van der Waals surface area contributed by atoms with Crippen LogP contribution in [0.1, 0.15) is 19.4 Å². The minimum atomic E-state index is -4.54. The van der Waals surface area contributed by atoms with Gasteiger partial charge in [-0.3, -0.25) is 4.90 Å². The average Bonchev–Trinajstić information content (AvgIpc) is 2.36. The second kappa shape index (κ2) is 4.87. The highest BCUT2D eigenvalue weighted by Gasteiger charge is 2.44. The second-order valence-corrected chi connectivity index (χ2v) is 5.77. The minimum absolute atomic E-state index is 0.220. The monoisotopic (exact) mass is 303 g/mol. The van der Waals surface area contributed by atoms with Crippen LogP contribution in [-0.2, 0) is 6.18 Å². The van der Waals surface area contributed by atoms with Gasteiger partial charge in [0, 0.05) is 25.2 Å². The maximum Gasteiger partial charge on any atom is 0.416 e. The van der Waals surface area contributed by atoms with E-state index in [4.69, 9.17) is 0 Å². The third kappa shape index (κ3) is 2.80. The fourth-order valence-corrected chi connectivity index (χ4v) is 2.35. The van der Waals surface area contributed by atoms with Gasteiger partial charge in [0.1, 0.15) is 12.0 Å². The van der Waals surface area contributed by atoms with Crippen LogP contribution in [0.2, 0.25) is 0 Å². The lowest BCUT2D eigenvalue weighted by atomic mass is 9.88. The molecule has 2 rings (SSSR count). The molecule has 0 radical (unpaired) electrons. The number of alkyl halides is 3. The fraction of sp³-hybridized carbons (Fsp3) is 0.538. The zero-order valence-electron chi connectivity index (χ0n) is 11.8. The Balaban J connectivity index is 2.46. The minimum Gasteiger partial charge on any atom is -0.372 e. The van der Waals surface area contributed by atoms with Crippen LogP contribution in [0.4, 0.5) is 23.8 Å². The van der Waals surface area contributed by atoms with E-state index in [1.165, 1.54) is 11.9 Å². The van der Waals surface area contributed by atoms with Crippen molar-refractivity contribution >= 4 is 11.8 Å². The zero-order chi connectivity index (χ0) is 16.0. The molecule has 1 saturated heterocycles. The Labute approximate surface area is 120 Å². The Morgan fingerprint density at radius 3 is 2.62 bits per heavy atom. The molecule has 0 aliphatic carbocycles. The van der Waals surface area contributed by atoms with Gasteiger partial charge in [-0.15, -0.1) is 0 Å². The lowest BCUT2D eigenvalue weighted by molar-refractivity contribution is -0.137. The fourth-order valence-electron chi connectivity index (χ4n) is 2.35. The largest absolute Gasteiger partial charge is 0.416 e. The molecule has 0 spiro atoms. The number of nitrogens with zero attached hydrogens (tertiary/aromatic N) is 3. The van der Waals surface area contributed by atoms with Crippen molar-refractivity contribution in [2.24, 2.45) is 5.41 Å². The quantitative estimate of drug-likeness (QED) is 0.866. The number of carbonyl (C=O) groups is 1. The van der Waals surface area contributed by atoms with Gasteiger partial charge in [0.15, 0.2) is 0 Å². The van der Waals surface area contributed by atoms with E-state index in [1.807, 2.05) is 0 Å². The standard InChI is InChI=1S/C13H16F3N3O2/c1-12(2)7-18(3)11(21)19(10(12)20)9-6-8(4-5-17-9)13(14,15)16/h4-6,10,20H,7H2,1-3H3. The van der Waals surface area contributed by atoms with E-state index >= 15 is 0 Å². The number of urea groups is 1. The van der Waals surface area contributed by atoms with Crippen molar-refractivity contribution in [1.29, 1.82) is 0 Å². The van der Waals surface area contributed by atoms with Gasteiger partial charge in [0.05, 0.1) is 5.56 Å². The maximum absolute atomic E-state index is 12.8. The summed E-state index contributed by atoms with van der Waals surface area (Å²) in [5.74, 6) is -0.220. The summed E-state index contributed by atoms with van der Waals surface area (Å²) in [6.07, 6.45) is -4.82. The van der Waals surface area contributed by atoms with E-state index in [1.54, 1.807) is 13.8 Å². The summed E-state index contributed by atoms with van der Waals surface area (Å²) in [7, 11) is 1.52. The van der Waals surface area contributed by atoms with E-state index in [0.29, 0.717) is 6.54 Å². The summed E-state index contributed by atoms with van der Waals surface area (Å²) in [4.78, 5) is 18.2. The SMILES string of the molecule is CN1CC(C)(C)C(O)N(c2cc(C(F)(F)F)ccn2)C1=O. The van der Waals surface area contributed by atoms with Crippen LogP contribution in [-0.4, -0.2) is 40.8 Å². The van der Waals surface area contributed by atoms with Gasteiger partial charge in [-0.1, -0.05) is 13.8 Å². The number of hydrogen-bond acceptors (Lipinski definition) is 3.